The van der Waals surface area contributed by atoms with E-state index < -0.39 is 0 Å². The largest absolute Gasteiger partial charge is 0.492 e. The van der Waals surface area contributed by atoms with Gasteiger partial charge in [0.25, 0.3) is 0 Å². The Morgan fingerprint density at radius 1 is 1.18 bits per heavy atom. The summed E-state index contributed by atoms with van der Waals surface area (Å²) < 4.78 is 6.17. The van der Waals surface area contributed by atoms with Crippen molar-refractivity contribution in [3.63, 3.8) is 0 Å². The maximum atomic E-state index is 12.2. The van der Waals surface area contributed by atoms with E-state index in [0.29, 0.717) is 6.61 Å². The van der Waals surface area contributed by atoms with Crippen molar-refractivity contribution in [3.05, 3.63) is 35.9 Å². The quantitative estimate of drug-likeness (QED) is 0.795. The van der Waals surface area contributed by atoms with E-state index in [4.69, 9.17) is 4.74 Å². The predicted octanol–water partition coefficient (Wildman–Crippen LogP) is 3.58. The average Bonchev–Trinajstić information content (AvgIpc) is 3.40. The molecule has 2 aliphatic rings. The molecule has 4 rings (SSSR count). The number of hydrogen-bond acceptors (Lipinski definition) is 5. The zero-order chi connectivity index (χ0) is 19.5. The maximum absolute atomic E-state index is 12.2. The first kappa shape index (κ1) is 18.9. The van der Waals surface area contributed by atoms with Gasteiger partial charge in [0.05, 0.1) is 0 Å². The molecule has 1 aromatic carbocycles. The van der Waals surface area contributed by atoms with Gasteiger partial charge in [0, 0.05) is 40.7 Å². The normalized spacial score (nSPS) is 16.9. The molecule has 2 fully saturated rings. The van der Waals surface area contributed by atoms with Crippen LogP contribution in [-0.4, -0.2) is 47.0 Å². The minimum absolute atomic E-state index is 0.103. The summed E-state index contributed by atoms with van der Waals surface area (Å²) in [4.78, 5) is 23.4. The highest BCUT2D eigenvalue weighted by atomic mass is 16.5. The molecule has 0 radical (unpaired) electrons. The van der Waals surface area contributed by atoms with Crippen molar-refractivity contribution in [2.24, 2.45) is 5.92 Å². The summed E-state index contributed by atoms with van der Waals surface area (Å²) in [5.74, 6) is 1.08. The van der Waals surface area contributed by atoms with E-state index in [0.717, 1.165) is 66.4 Å². The smallest absolute Gasteiger partial charge is 0.227 e. The number of nitrogens with zero attached hydrogens (tertiary/aromatic N) is 3. The molecule has 6 heteroatoms. The molecule has 0 unspecified atom stereocenters. The monoisotopic (exact) mass is 380 g/mol. The van der Waals surface area contributed by atoms with Crippen LogP contribution in [0.15, 0.2) is 24.5 Å². The summed E-state index contributed by atoms with van der Waals surface area (Å²) in [7, 11) is 0. The number of carbonyl (C=O) groups excluding carboxylic acids is 1. The molecule has 1 aliphatic carbocycles. The van der Waals surface area contributed by atoms with Crippen LogP contribution in [0.5, 0.6) is 5.75 Å². The first-order valence-corrected chi connectivity index (χ1v) is 10.2. The Morgan fingerprint density at radius 2 is 1.89 bits per heavy atom. The number of ether oxygens (including phenoxy) is 1. The van der Waals surface area contributed by atoms with Crippen LogP contribution in [0.1, 0.15) is 37.1 Å². The van der Waals surface area contributed by atoms with Gasteiger partial charge in [-0.3, -0.25) is 9.69 Å². The number of hydrogen-bond donors (Lipinski definition) is 1. The van der Waals surface area contributed by atoms with Crippen LogP contribution in [0, 0.1) is 19.8 Å². The number of benzene rings is 1. The third-order valence-electron chi connectivity index (χ3n) is 5.55. The van der Waals surface area contributed by atoms with Crippen molar-refractivity contribution in [1.82, 2.24) is 14.9 Å². The molecule has 1 N–H and O–H groups in total. The molecule has 148 valence electrons. The number of likely N-dealkylation sites (tertiary alicyclic amines) is 1. The van der Waals surface area contributed by atoms with Gasteiger partial charge in [0.1, 0.15) is 18.7 Å². The number of aromatic nitrogens is 2. The molecule has 1 aromatic heterocycles. The molecule has 6 nitrogen and oxygen atoms in total. The zero-order valence-corrected chi connectivity index (χ0v) is 16.7. The van der Waals surface area contributed by atoms with Crippen molar-refractivity contribution in [1.29, 1.82) is 0 Å². The van der Waals surface area contributed by atoms with Gasteiger partial charge in [0.15, 0.2) is 0 Å². The van der Waals surface area contributed by atoms with Crippen LogP contribution in [-0.2, 0) is 4.79 Å². The Hall–Kier alpha value is -2.47. The number of nitrogens with one attached hydrogen (secondary N) is 1. The van der Waals surface area contributed by atoms with Crippen LogP contribution in [0.2, 0.25) is 0 Å². The molecule has 1 saturated heterocycles. The first-order valence-electron chi connectivity index (χ1n) is 10.2. The summed E-state index contributed by atoms with van der Waals surface area (Å²) in [6.07, 6.45) is 6.11. The van der Waals surface area contributed by atoms with Crippen molar-refractivity contribution < 1.29 is 9.53 Å². The Balaban J connectivity index is 1.59. The molecule has 2 aromatic rings. The molecule has 0 spiro atoms. The highest BCUT2D eigenvalue weighted by molar-refractivity contribution is 5.95. The van der Waals surface area contributed by atoms with Gasteiger partial charge in [-0.2, -0.15) is 0 Å². The molecule has 2 heterocycles. The second kappa shape index (κ2) is 8.27. The van der Waals surface area contributed by atoms with Crippen LogP contribution in [0.25, 0.3) is 11.1 Å². The lowest BCUT2D eigenvalue weighted by Gasteiger charge is -2.18. The van der Waals surface area contributed by atoms with E-state index in [1.54, 1.807) is 6.33 Å². The Labute approximate surface area is 166 Å². The fourth-order valence-corrected chi connectivity index (χ4v) is 3.79. The minimum Gasteiger partial charge on any atom is -0.492 e. The molecule has 1 saturated carbocycles. The third-order valence-corrected chi connectivity index (χ3v) is 5.55. The standard InChI is InChI=1S/C22H28N4O2/c1-15-21(16(2)24-14-23-15)19-13-18(25-22(27)17-5-6-17)7-8-20(19)28-12-11-26-9-3-4-10-26/h7-8,13-14,17H,3-6,9-12H2,1-2H3,(H,25,27). The van der Waals surface area contributed by atoms with Gasteiger partial charge in [-0.05, 0) is 70.8 Å². The van der Waals surface area contributed by atoms with Gasteiger partial charge in [-0.15, -0.1) is 0 Å². The lowest BCUT2D eigenvalue weighted by Crippen LogP contribution is -2.25. The van der Waals surface area contributed by atoms with Crippen molar-refractivity contribution in [3.8, 4) is 16.9 Å². The average molecular weight is 380 g/mol. The van der Waals surface area contributed by atoms with Gasteiger partial charge in [-0.1, -0.05) is 0 Å². The second-order valence-corrected chi connectivity index (χ2v) is 7.79. The first-order chi connectivity index (χ1) is 13.6. The van der Waals surface area contributed by atoms with Gasteiger partial charge < -0.3 is 10.1 Å². The predicted molar refractivity (Wildman–Crippen MR) is 109 cm³/mol. The number of anilines is 1. The van der Waals surface area contributed by atoms with Crippen LogP contribution < -0.4 is 10.1 Å². The van der Waals surface area contributed by atoms with E-state index in [-0.39, 0.29) is 11.8 Å². The summed E-state index contributed by atoms with van der Waals surface area (Å²) in [6, 6.07) is 5.86. The second-order valence-electron chi connectivity index (χ2n) is 7.79. The van der Waals surface area contributed by atoms with Gasteiger partial charge in [0.2, 0.25) is 5.91 Å². The fraction of sp³-hybridized carbons (Fsp3) is 0.500. The highest BCUT2D eigenvalue weighted by Gasteiger charge is 2.29. The molecular weight excluding hydrogens is 352 g/mol. The van der Waals surface area contributed by atoms with E-state index >= 15 is 0 Å². The highest BCUT2D eigenvalue weighted by Crippen LogP contribution is 2.36. The van der Waals surface area contributed by atoms with Gasteiger partial charge in [-0.25, -0.2) is 9.97 Å². The van der Waals surface area contributed by atoms with Crippen LogP contribution >= 0.6 is 0 Å². The van der Waals surface area contributed by atoms with Crippen LogP contribution in [0.4, 0.5) is 5.69 Å². The Kier molecular flexibility index (Phi) is 5.57. The molecule has 1 amide bonds. The lowest BCUT2D eigenvalue weighted by molar-refractivity contribution is -0.117. The summed E-state index contributed by atoms with van der Waals surface area (Å²) in [5.41, 5.74) is 4.51. The van der Waals surface area contributed by atoms with Crippen molar-refractivity contribution >= 4 is 11.6 Å². The van der Waals surface area contributed by atoms with E-state index in [1.165, 1.54) is 12.8 Å². The molecular formula is C22H28N4O2. The molecule has 0 bridgehead atoms. The van der Waals surface area contributed by atoms with Crippen molar-refractivity contribution in [2.75, 3.05) is 31.6 Å². The summed E-state index contributed by atoms with van der Waals surface area (Å²) >= 11 is 0. The molecule has 28 heavy (non-hydrogen) atoms. The number of rotatable bonds is 7. The number of amides is 1. The Bertz CT molecular complexity index is 837. The number of aryl methyl sites for hydroxylation is 2. The summed E-state index contributed by atoms with van der Waals surface area (Å²) in [5, 5.41) is 3.04. The van der Waals surface area contributed by atoms with E-state index in [9.17, 15) is 4.79 Å². The zero-order valence-electron chi connectivity index (χ0n) is 16.7. The number of carbonyl (C=O) groups is 1. The summed E-state index contributed by atoms with van der Waals surface area (Å²) in [6.45, 7) is 7.86. The molecule has 0 atom stereocenters. The SMILES string of the molecule is Cc1ncnc(C)c1-c1cc(NC(=O)C2CC2)ccc1OCCN1CCCC1. The maximum Gasteiger partial charge on any atom is 0.227 e. The van der Waals surface area contributed by atoms with Gasteiger partial charge >= 0.3 is 0 Å². The lowest BCUT2D eigenvalue weighted by atomic mass is 10.0. The third kappa shape index (κ3) is 4.33. The fourth-order valence-electron chi connectivity index (χ4n) is 3.79. The molecule has 1 aliphatic heterocycles. The van der Waals surface area contributed by atoms with Crippen LogP contribution in [0.3, 0.4) is 0 Å². The minimum atomic E-state index is 0.103. The Morgan fingerprint density at radius 3 is 2.57 bits per heavy atom. The van der Waals surface area contributed by atoms with E-state index in [2.05, 4.69) is 20.2 Å². The topological polar surface area (TPSA) is 67.3 Å². The van der Waals surface area contributed by atoms with Crippen molar-refractivity contribution in [2.45, 2.75) is 39.5 Å². The van der Waals surface area contributed by atoms with E-state index in [1.807, 2.05) is 32.0 Å².